The fourth-order valence-electron chi connectivity index (χ4n) is 1.85. The van der Waals surface area contributed by atoms with Crippen LogP contribution in [0.25, 0.3) is 0 Å². The molecule has 0 amide bonds. The van der Waals surface area contributed by atoms with Crippen molar-refractivity contribution in [1.29, 1.82) is 0 Å². The number of hydrogen-bond donors (Lipinski definition) is 1. The third-order valence-corrected chi connectivity index (χ3v) is 2.66. The summed E-state index contributed by atoms with van der Waals surface area (Å²) in [7, 11) is 0. The summed E-state index contributed by atoms with van der Waals surface area (Å²) in [6, 6.07) is 3.64. The molecule has 0 aliphatic heterocycles. The van der Waals surface area contributed by atoms with Gasteiger partial charge < -0.3 is 19.9 Å². The first kappa shape index (κ1) is 17.1. The van der Waals surface area contributed by atoms with Crippen molar-refractivity contribution in [2.45, 2.75) is 27.4 Å². The van der Waals surface area contributed by atoms with E-state index < -0.39 is 5.97 Å². The fraction of sp³-hybridized carbons (Fsp3) is 0.467. The topological polar surface area (TPSA) is 87.8 Å². The number of aryl methyl sites for hydroxylation is 2. The average molecular weight is 295 g/mol. The summed E-state index contributed by atoms with van der Waals surface area (Å²) in [5.74, 6) is -0.303. The monoisotopic (exact) mass is 295 g/mol. The summed E-state index contributed by atoms with van der Waals surface area (Å²) in [6.07, 6.45) is 0. The van der Waals surface area contributed by atoms with Crippen molar-refractivity contribution < 1.29 is 23.8 Å². The van der Waals surface area contributed by atoms with Crippen molar-refractivity contribution in [2.24, 2.45) is 5.73 Å². The van der Waals surface area contributed by atoms with Gasteiger partial charge in [-0.2, -0.15) is 0 Å². The summed E-state index contributed by atoms with van der Waals surface area (Å²) < 4.78 is 15.3. The quantitative estimate of drug-likeness (QED) is 0.463. The van der Waals surface area contributed by atoms with E-state index in [4.69, 9.17) is 19.9 Å². The van der Waals surface area contributed by atoms with Crippen LogP contribution in [-0.4, -0.2) is 31.7 Å². The number of esters is 2. The largest absolute Gasteiger partial charge is 0.461 e. The molecule has 21 heavy (non-hydrogen) atoms. The molecular formula is C15H21NO5. The van der Waals surface area contributed by atoms with Gasteiger partial charge in [0.2, 0.25) is 0 Å². The second-order valence-electron chi connectivity index (χ2n) is 4.65. The molecule has 0 radical (unpaired) electrons. The van der Waals surface area contributed by atoms with Gasteiger partial charge in [-0.15, -0.1) is 0 Å². The van der Waals surface area contributed by atoms with E-state index in [1.165, 1.54) is 6.92 Å². The third-order valence-electron chi connectivity index (χ3n) is 2.66. The van der Waals surface area contributed by atoms with E-state index in [1.807, 2.05) is 26.0 Å². The van der Waals surface area contributed by atoms with Crippen LogP contribution in [-0.2, 0) is 25.7 Å². The van der Waals surface area contributed by atoms with Crippen LogP contribution < -0.4 is 10.5 Å². The Bertz CT molecular complexity index is 490. The molecule has 2 N–H and O–H groups in total. The smallest absolute Gasteiger partial charge is 0.337 e. The predicted octanol–water partition coefficient (Wildman–Crippen LogP) is 1.25. The molecule has 1 aromatic rings. The van der Waals surface area contributed by atoms with Crippen LogP contribution in [0.4, 0.5) is 0 Å². The van der Waals surface area contributed by atoms with E-state index in [0.29, 0.717) is 18.9 Å². The van der Waals surface area contributed by atoms with Crippen molar-refractivity contribution in [1.82, 2.24) is 0 Å². The van der Waals surface area contributed by atoms with Crippen LogP contribution in [0.2, 0.25) is 0 Å². The van der Waals surface area contributed by atoms with Gasteiger partial charge in [-0.25, -0.2) is 4.79 Å². The van der Waals surface area contributed by atoms with Gasteiger partial charge >= 0.3 is 11.9 Å². The second-order valence-corrected chi connectivity index (χ2v) is 4.65. The highest BCUT2D eigenvalue weighted by atomic mass is 16.6. The van der Waals surface area contributed by atoms with Crippen molar-refractivity contribution in [3.05, 3.63) is 28.8 Å². The van der Waals surface area contributed by atoms with E-state index in [0.717, 1.165) is 16.7 Å². The average Bonchev–Trinajstić information content (AvgIpc) is 2.41. The van der Waals surface area contributed by atoms with Gasteiger partial charge in [-0.05, 0) is 42.7 Å². The minimum absolute atomic E-state index is 0.134. The minimum atomic E-state index is -0.470. The summed E-state index contributed by atoms with van der Waals surface area (Å²) in [5.41, 5.74) is 7.71. The lowest BCUT2D eigenvalue weighted by Gasteiger charge is -2.13. The first-order valence-electron chi connectivity index (χ1n) is 6.66. The van der Waals surface area contributed by atoms with Gasteiger partial charge in [-0.3, -0.25) is 4.79 Å². The zero-order valence-corrected chi connectivity index (χ0v) is 12.6. The van der Waals surface area contributed by atoms with E-state index in [9.17, 15) is 9.59 Å². The number of ether oxygens (including phenoxy) is 3. The molecule has 1 aromatic carbocycles. The zero-order chi connectivity index (χ0) is 15.8. The highest BCUT2D eigenvalue weighted by Gasteiger charge is 2.12. The molecule has 0 atom stereocenters. The Balaban J connectivity index is 2.71. The van der Waals surface area contributed by atoms with Gasteiger partial charge in [0.1, 0.15) is 19.0 Å². The number of benzene rings is 1. The van der Waals surface area contributed by atoms with Crippen LogP contribution in [0.1, 0.15) is 23.6 Å². The molecule has 0 unspecified atom stereocenters. The minimum Gasteiger partial charge on any atom is -0.461 e. The van der Waals surface area contributed by atoms with E-state index in [-0.39, 0.29) is 19.2 Å². The Labute approximate surface area is 124 Å². The fourth-order valence-corrected chi connectivity index (χ4v) is 1.85. The van der Waals surface area contributed by atoms with Gasteiger partial charge in [-0.1, -0.05) is 0 Å². The number of rotatable bonds is 7. The number of nitrogens with two attached hydrogens (primary N) is 1. The summed E-state index contributed by atoms with van der Waals surface area (Å²) >= 11 is 0. The lowest BCUT2D eigenvalue weighted by molar-refractivity contribution is -0.142. The molecule has 0 heterocycles. The predicted molar refractivity (Wildman–Crippen MR) is 76.9 cm³/mol. The van der Waals surface area contributed by atoms with Crippen molar-refractivity contribution >= 4 is 11.9 Å². The maximum atomic E-state index is 11.6. The number of hydrogen-bond acceptors (Lipinski definition) is 6. The molecule has 0 saturated heterocycles. The third kappa shape index (κ3) is 5.93. The first-order valence-corrected chi connectivity index (χ1v) is 6.66. The summed E-state index contributed by atoms with van der Waals surface area (Å²) in [4.78, 5) is 22.4. The van der Waals surface area contributed by atoms with Crippen molar-refractivity contribution in [3.63, 3.8) is 0 Å². The van der Waals surface area contributed by atoms with Crippen LogP contribution in [0.5, 0.6) is 5.75 Å². The molecule has 1 rings (SSSR count). The normalized spacial score (nSPS) is 10.3. The standard InChI is InChI=1S/C15H21NO5/c1-10-6-13(8-20-12(3)17)7-11(2)15(10)21-14(18)9-19-5-4-16/h6-7H,4-5,8-9,16H2,1-3H3. The Morgan fingerprint density at radius 1 is 1.19 bits per heavy atom. The molecule has 0 spiro atoms. The lowest BCUT2D eigenvalue weighted by atomic mass is 10.1. The molecule has 6 nitrogen and oxygen atoms in total. The van der Waals surface area contributed by atoms with Crippen LogP contribution in [0.3, 0.4) is 0 Å². The van der Waals surface area contributed by atoms with E-state index in [2.05, 4.69) is 0 Å². The first-order chi connectivity index (χ1) is 9.93. The highest BCUT2D eigenvalue weighted by molar-refractivity contribution is 5.74. The number of carbonyl (C=O) groups excluding carboxylic acids is 2. The zero-order valence-electron chi connectivity index (χ0n) is 12.6. The molecule has 0 aliphatic rings. The molecule has 0 bridgehead atoms. The van der Waals surface area contributed by atoms with Crippen LogP contribution in [0.15, 0.2) is 12.1 Å². The number of carbonyl (C=O) groups is 2. The Hall–Kier alpha value is -1.92. The maximum Gasteiger partial charge on any atom is 0.337 e. The Morgan fingerprint density at radius 3 is 2.33 bits per heavy atom. The van der Waals surface area contributed by atoms with Gasteiger partial charge in [0, 0.05) is 13.5 Å². The highest BCUT2D eigenvalue weighted by Crippen LogP contribution is 2.25. The van der Waals surface area contributed by atoms with Crippen molar-refractivity contribution in [3.8, 4) is 5.75 Å². The van der Waals surface area contributed by atoms with E-state index >= 15 is 0 Å². The van der Waals surface area contributed by atoms with Gasteiger partial charge in [0.25, 0.3) is 0 Å². The molecule has 6 heteroatoms. The second kappa shape index (κ2) is 8.39. The van der Waals surface area contributed by atoms with Gasteiger partial charge in [0.05, 0.1) is 6.61 Å². The van der Waals surface area contributed by atoms with Crippen LogP contribution in [0, 0.1) is 13.8 Å². The SMILES string of the molecule is CC(=O)OCc1cc(C)c(OC(=O)COCCN)c(C)c1. The molecule has 0 saturated carbocycles. The Kier molecular flexibility index (Phi) is 6.84. The molecule has 116 valence electrons. The molecular weight excluding hydrogens is 274 g/mol. The maximum absolute atomic E-state index is 11.6. The molecule has 0 aliphatic carbocycles. The summed E-state index contributed by atoms with van der Waals surface area (Å²) in [5, 5.41) is 0. The van der Waals surface area contributed by atoms with Crippen molar-refractivity contribution in [2.75, 3.05) is 19.8 Å². The Morgan fingerprint density at radius 2 is 1.81 bits per heavy atom. The molecule has 0 fully saturated rings. The van der Waals surface area contributed by atoms with E-state index in [1.54, 1.807) is 0 Å². The lowest BCUT2D eigenvalue weighted by Crippen LogP contribution is -2.19. The molecule has 0 aromatic heterocycles. The van der Waals surface area contributed by atoms with Crippen LogP contribution >= 0.6 is 0 Å². The van der Waals surface area contributed by atoms with Gasteiger partial charge in [0.15, 0.2) is 0 Å². The summed E-state index contributed by atoms with van der Waals surface area (Å²) in [6.45, 7) is 5.75.